The maximum atomic E-state index is 10.4. The second-order valence-electron chi connectivity index (χ2n) is 13.1. The fraction of sp³-hybridized carbons (Fsp3) is 0.111. The van der Waals surface area contributed by atoms with E-state index < -0.39 is 0 Å². The molecule has 2 aliphatic rings. The van der Waals surface area contributed by atoms with E-state index in [2.05, 4.69) is 137 Å². The van der Waals surface area contributed by atoms with Gasteiger partial charge in [-0.2, -0.15) is 10.5 Å². The number of nitriles is 2. The van der Waals surface area contributed by atoms with Gasteiger partial charge in [0.2, 0.25) is 0 Å². The summed E-state index contributed by atoms with van der Waals surface area (Å²) in [4.78, 5) is 0. The molecule has 49 heavy (non-hydrogen) atoms. The lowest BCUT2D eigenvalue weighted by molar-refractivity contribution is 0.773. The Hall–Kier alpha value is -6.36. The Morgan fingerprint density at radius 2 is 1.43 bits per heavy atom. The third-order valence-electron chi connectivity index (χ3n) is 10.3. The second-order valence-corrected chi connectivity index (χ2v) is 13.1. The molecular weight excluding hydrogens is 597 g/mol. The van der Waals surface area contributed by atoms with Crippen LogP contribution < -0.4 is 0 Å². The Bertz CT molecular complexity index is 2630. The molecular formula is C45H32N4. The summed E-state index contributed by atoms with van der Waals surface area (Å²) in [5.74, 6) is 0.366. The van der Waals surface area contributed by atoms with Gasteiger partial charge in [-0.1, -0.05) is 73.7 Å². The Morgan fingerprint density at radius 3 is 2.31 bits per heavy atom. The number of hydrogen-bond acceptors (Lipinski definition) is 2. The fourth-order valence-electron chi connectivity index (χ4n) is 8.11. The number of allylic oxidation sites excluding steroid dienone is 2. The van der Waals surface area contributed by atoms with Crippen molar-refractivity contribution in [3.8, 4) is 45.8 Å². The van der Waals surface area contributed by atoms with Gasteiger partial charge in [-0.25, -0.2) is 0 Å². The van der Waals surface area contributed by atoms with Crippen molar-refractivity contribution in [2.75, 3.05) is 0 Å². The van der Waals surface area contributed by atoms with Gasteiger partial charge in [-0.3, -0.25) is 0 Å². The van der Waals surface area contributed by atoms with Crippen molar-refractivity contribution in [2.24, 2.45) is 0 Å². The molecule has 2 aliphatic carbocycles. The number of benzene rings is 5. The van der Waals surface area contributed by atoms with Gasteiger partial charge in [-0.15, -0.1) is 0 Å². The molecule has 0 spiro atoms. The lowest BCUT2D eigenvalue weighted by atomic mass is 9.90. The molecule has 5 aromatic carbocycles. The lowest BCUT2D eigenvalue weighted by Gasteiger charge is -2.18. The van der Waals surface area contributed by atoms with Gasteiger partial charge in [0.15, 0.2) is 0 Å². The molecule has 1 unspecified atom stereocenters. The monoisotopic (exact) mass is 628 g/mol. The Balaban J connectivity index is 1.21. The molecule has 0 N–H and O–H groups in total. The van der Waals surface area contributed by atoms with Crippen LogP contribution in [0.25, 0.3) is 67.6 Å². The molecule has 0 amide bonds. The predicted molar refractivity (Wildman–Crippen MR) is 200 cm³/mol. The quantitative estimate of drug-likeness (QED) is 0.195. The van der Waals surface area contributed by atoms with Gasteiger partial charge < -0.3 is 9.13 Å². The van der Waals surface area contributed by atoms with Crippen molar-refractivity contribution in [1.29, 1.82) is 10.5 Å². The van der Waals surface area contributed by atoms with E-state index in [4.69, 9.17) is 0 Å². The highest BCUT2D eigenvalue weighted by molar-refractivity contribution is 5.94. The third-order valence-corrected chi connectivity index (χ3v) is 10.3. The Labute approximate surface area is 285 Å². The van der Waals surface area contributed by atoms with Crippen LogP contribution in [-0.4, -0.2) is 9.13 Å². The number of para-hydroxylation sites is 1. The van der Waals surface area contributed by atoms with Crippen LogP contribution in [0.5, 0.6) is 0 Å². The first-order chi connectivity index (χ1) is 24.1. The molecule has 4 heteroatoms. The molecule has 2 aromatic heterocycles. The molecule has 4 nitrogen and oxygen atoms in total. The van der Waals surface area contributed by atoms with Crippen LogP contribution in [0, 0.1) is 22.7 Å². The molecule has 0 fully saturated rings. The van der Waals surface area contributed by atoms with Gasteiger partial charge in [-0.05, 0) is 120 Å². The summed E-state index contributed by atoms with van der Waals surface area (Å²) in [7, 11) is 0. The first kappa shape index (κ1) is 28.8. The van der Waals surface area contributed by atoms with Crippen molar-refractivity contribution >= 4 is 34.0 Å². The van der Waals surface area contributed by atoms with E-state index in [0.29, 0.717) is 17.0 Å². The predicted octanol–water partition coefficient (Wildman–Crippen LogP) is 11.1. The molecule has 2 heterocycles. The number of aromatic nitrogens is 2. The summed E-state index contributed by atoms with van der Waals surface area (Å²) in [5, 5.41) is 22.5. The van der Waals surface area contributed by atoms with E-state index in [-0.39, 0.29) is 0 Å². The first-order valence-electron chi connectivity index (χ1n) is 16.9. The molecule has 7 aromatic rings. The normalized spacial score (nSPS) is 14.8. The van der Waals surface area contributed by atoms with E-state index >= 15 is 0 Å². The zero-order valence-corrected chi connectivity index (χ0v) is 27.2. The van der Waals surface area contributed by atoms with Crippen LogP contribution in [0.4, 0.5) is 0 Å². The molecule has 0 aliphatic heterocycles. The molecule has 0 bridgehead atoms. The highest BCUT2D eigenvalue weighted by Crippen LogP contribution is 2.42. The highest BCUT2D eigenvalue weighted by atomic mass is 15.0. The minimum atomic E-state index is 0.366. The first-order valence-corrected chi connectivity index (χ1v) is 16.9. The maximum absolute atomic E-state index is 10.4. The topological polar surface area (TPSA) is 57.4 Å². The number of fused-ring (bicyclic) bond motifs is 6. The summed E-state index contributed by atoms with van der Waals surface area (Å²) in [6.45, 7) is 2.27. The standard InChI is InChI=1S/C45H32N4/c1-29-10-6-20-42-44(29)38-24-30(27-46)22-23-41(38)48(42)35-15-8-12-32(26-35)31-11-7-13-33(25-31)45-34(28-47)14-9-21-43(45)49-39-18-4-2-16-36(39)37-17-3-5-19-40(37)49/h2,4-9,11-16,18-26,29H,3,10,17H2,1H3. The van der Waals surface area contributed by atoms with Gasteiger partial charge in [0.25, 0.3) is 0 Å². The molecule has 232 valence electrons. The average molecular weight is 629 g/mol. The van der Waals surface area contributed by atoms with Crippen LogP contribution in [0.2, 0.25) is 0 Å². The average Bonchev–Trinajstić information content (AvgIpc) is 3.68. The number of nitrogens with zero attached hydrogens (tertiary/aromatic N) is 4. The third kappa shape index (κ3) is 4.50. The minimum absolute atomic E-state index is 0.366. The van der Waals surface area contributed by atoms with Crippen LogP contribution in [-0.2, 0) is 6.42 Å². The maximum Gasteiger partial charge on any atom is 0.0998 e. The summed E-state index contributed by atoms with van der Waals surface area (Å²) >= 11 is 0. The number of hydrogen-bond donors (Lipinski definition) is 0. The summed E-state index contributed by atoms with van der Waals surface area (Å²) in [6, 6.07) is 42.8. The minimum Gasteiger partial charge on any atom is -0.310 e. The van der Waals surface area contributed by atoms with Crippen LogP contribution in [0.3, 0.4) is 0 Å². The van der Waals surface area contributed by atoms with Crippen molar-refractivity contribution in [1.82, 2.24) is 9.13 Å². The van der Waals surface area contributed by atoms with E-state index in [0.717, 1.165) is 69.3 Å². The highest BCUT2D eigenvalue weighted by Gasteiger charge is 2.24. The van der Waals surface area contributed by atoms with Crippen LogP contribution in [0.15, 0.2) is 121 Å². The molecule has 0 radical (unpaired) electrons. The second kappa shape index (κ2) is 11.4. The van der Waals surface area contributed by atoms with Crippen molar-refractivity contribution in [3.05, 3.63) is 155 Å². The Morgan fingerprint density at radius 1 is 0.653 bits per heavy atom. The molecule has 1 atom stereocenters. The zero-order chi connectivity index (χ0) is 33.1. The van der Waals surface area contributed by atoms with Crippen LogP contribution in [0.1, 0.15) is 59.3 Å². The van der Waals surface area contributed by atoms with E-state index in [1.807, 2.05) is 24.3 Å². The fourth-order valence-corrected chi connectivity index (χ4v) is 8.11. The summed E-state index contributed by atoms with van der Waals surface area (Å²) in [5.41, 5.74) is 14.8. The molecule has 9 rings (SSSR count). The van der Waals surface area contributed by atoms with Crippen molar-refractivity contribution < 1.29 is 0 Å². The number of aryl methyl sites for hydroxylation is 1. The SMILES string of the molecule is CC1CC=Cc2c1c1cc(C#N)ccc1n2-c1cccc(-c2cccc(-c3c(C#N)cccc3-n3c4c(c5ccccc53)CCC=C4)c2)c1. The van der Waals surface area contributed by atoms with Gasteiger partial charge in [0.1, 0.15) is 0 Å². The summed E-state index contributed by atoms with van der Waals surface area (Å²) in [6.07, 6.45) is 12.0. The molecule has 0 saturated carbocycles. The van der Waals surface area contributed by atoms with E-state index in [1.54, 1.807) is 0 Å². The van der Waals surface area contributed by atoms with Gasteiger partial charge in [0, 0.05) is 33.4 Å². The smallest absolute Gasteiger partial charge is 0.0998 e. The van der Waals surface area contributed by atoms with Gasteiger partial charge in [0.05, 0.1) is 40.0 Å². The van der Waals surface area contributed by atoms with E-state index in [9.17, 15) is 10.5 Å². The van der Waals surface area contributed by atoms with Crippen molar-refractivity contribution in [2.45, 2.75) is 32.1 Å². The van der Waals surface area contributed by atoms with E-state index in [1.165, 1.54) is 27.9 Å². The number of rotatable bonds is 4. The summed E-state index contributed by atoms with van der Waals surface area (Å²) < 4.78 is 4.68. The van der Waals surface area contributed by atoms with Gasteiger partial charge >= 0.3 is 0 Å². The lowest BCUT2D eigenvalue weighted by Crippen LogP contribution is -2.03. The van der Waals surface area contributed by atoms with Crippen molar-refractivity contribution in [3.63, 3.8) is 0 Å². The Kier molecular flexibility index (Phi) is 6.71. The molecule has 0 saturated heterocycles. The zero-order valence-electron chi connectivity index (χ0n) is 27.2. The largest absolute Gasteiger partial charge is 0.310 e. The van der Waals surface area contributed by atoms with Crippen LogP contribution >= 0.6 is 0 Å².